The molecule has 3 aromatic carbocycles. The summed E-state index contributed by atoms with van der Waals surface area (Å²) < 4.78 is 1.35. The normalized spacial score (nSPS) is 10.3. The van der Waals surface area contributed by atoms with Crippen LogP contribution in [0.3, 0.4) is 0 Å². The van der Waals surface area contributed by atoms with Crippen LogP contribution in [-0.4, -0.2) is 32.6 Å². The van der Waals surface area contributed by atoms with Crippen molar-refractivity contribution >= 4 is 23.4 Å². The molecule has 4 N–H and O–H groups in total. The Morgan fingerprint density at radius 1 is 0.727 bits per heavy atom. The number of rotatable bonds is 5. The van der Waals surface area contributed by atoms with Gasteiger partial charge in [-0.15, -0.1) is 0 Å². The molecule has 0 aliphatic rings. The van der Waals surface area contributed by atoms with Gasteiger partial charge in [0, 0.05) is 5.56 Å². The van der Waals surface area contributed by atoms with Crippen LogP contribution in [0, 0.1) is 0 Å². The third-order valence-electron chi connectivity index (χ3n) is 4.68. The van der Waals surface area contributed by atoms with Gasteiger partial charge in [-0.1, -0.05) is 48.5 Å². The molecule has 1 heterocycles. The maximum atomic E-state index is 12.7. The number of hydrogen-bond donors (Lipinski definition) is 4. The van der Waals surface area contributed by atoms with Crippen molar-refractivity contribution in [3.63, 3.8) is 0 Å². The van der Waals surface area contributed by atoms with Gasteiger partial charge in [-0.25, -0.2) is 4.68 Å². The van der Waals surface area contributed by atoms with E-state index in [1.807, 2.05) is 6.07 Å². The molecule has 0 saturated heterocycles. The second-order valence-electron chi connectivity index (χ2n) is 6.92. The van der Waals surface area contributed by atoms with Crippen molar-refractivity contribution in [3.8, 4) is 11.4 Å². The SMILES string of the molecule is O=C(Nc1ccccc1C(=O)NNC(=O)c1nn(-c2ccccc2)cc1O)c1ccccc1. The number of nitrogens with one attached hydrogen (secondary N) is 3. The van der Waals surface area contributed by atoms with Gasteiger partial charge in [0.1, 0.15) is 0 Å². The zero-order valence-electron chi connectivity index (χ0n) is 17.2. The highest BCUT2D eigenvalue weighted by Crippen LogP contribution is 2.18. The van der Waals surface area contributed by atoms with E-state index < -0.39 is 11.8 Å². The van der Waals surface area contributed by atoms with Crippen LogP contribution in [0.25, 0.3) is 5.69 Å². The Kier molecular flexibility index (Phi) is 6.12. The van der Waals surface area contributed by atoms with Crippen molar-refractivity contribution in [3.05, 3.63) is 108 Å². The molecule has 0 aliphatic heterocycles. The molecule has 9 nitrogen and oxygen atoms in total. The lowest BCUT2D eigenvalue weighted by Crippen LogP contribution is -2.42. The summed E-state index contributed by atoms with van der Waals surface area (Å²) in [5.74, 6) is -2.19. The number of hydrazine groups is 1. The number of nitrogens with zero attached hydrogens (tertiary/aromatic N) is 2. The van der Waals surface area contributed by atoms with Gasteiger partial charge < -0.3 is 10.4 Å². The fourth-order valence-electron chi connectivity index (χ4n) is 3.05. The number of hydrogen-bond acceptors (Lipinski definition) is 5. The Labute approximate surface area is 188 Å². The van der Waals surface area contributed by atoms with Crippen LogP contribution in [0.15, 0.2) is 91.1 Å². The van der Waals surface area contributed by atoms with Gasteiger partial charge >= 0.3 is 0 Å². The number of para-hydroxylation sites is 2. The first kappa shape index (κ1) is 21.3. The van der Waals surface area contributed by atoms with Crippen molar-refractivity contribution in [2.45, 2.75) is 0 Å². The number of benzene rings is 3. The van der Waals surface area contributed by atoms with Crippen LogP contribution in [0.5, 0.6) is 5.75 Å². The molecular weight excluding hydrogens is 422 g/mol. The van der Waals surface area contributed by atoms with Gasteiger partial charge in [-0.05, 0) is 36.4 Å². The molecule has 0 atom stereocenters. The number of amides is 3. The van der Waals surface area contributed by atoms with E-state index in [2.05, 4.69) is 21.3 Å². The third kappa shape index (κ3) is 4.88. The Hall–Kier alpha value is -4.92. The average molecular weight is 441 g/mol. The van der Waals surface area contributed by atoms with Crippen molar-refractivity contribution < 1.29 is 19.5 Å². The number of aromatic nitrogens is 2. The summed E-state index contributed by atoms with van der Waals surface area (Å²) in [5, 5.41) is 16.8. The molecule has 0 aliphatic carbocycles. The Morgan fingerprint density at radius 2 is 1.33 bits per heavy atom. The molecule has 0 spiro atoms. The lowest BCUT2D eigenvalue weighted by atomic mass is 10.1. The van der Waals surface area contributed by atoms with Crippen molar-refractivity contribution in [2.24, 2.45) is 0 Å². The minimum absolute atomic E-state index is 0.140. The molecule has 9 heteroatoms. The van der Waals surface area contributed by atoms with Gasteiger partial charge in [0.2, 0.25) is 0 Å². The first-order chi connectivity index (χ1) is 16.0. The van der Waals surface area contributed by atoms with Crippen LogP contribution in [0.4, 0.5) is 5.69 Å². The summed E-state index contributed by atoms with van der Waals surface area (Å²) in [6.45, 7) is 0. The molecule has 33 heavy (non-hydrogen) atoms. The van der Waals surface area contributed by atoms with E-state index in [1.165, 1.54) is 16.9 Å². The topological polar surface area (TPSA) is 125 Å². The molecular formula is C24H19N5O4. The first-order valence-corrected chi connectivity index (χ1v) is 9.93. The predicted octanol–water partition coefficient (Wildman–Crippen LogP) is 2.91. The highest BCUT2D eigenvalue weighted by Gasteiger charge is 2.19. The van der Waals surface area contributed by atoms with E-state index in [1.54, 1.807) is 72.8 Å². The van der Waals surface area contributed by atoms with Gasteiger partial charge in [-0.3, -0.25) is 25.2 Å². The summed E-state index contributed by atoms with van der Waals surface area (Å²) >= 11 is 0. The lowest BCUT2D eigenvalue weighted by molar-refractivity contribution is 0.0842. The van der Waals surface area contributed by atoms with Crippen LogP contribution >= 0.6 is 0 Å². The molecule has 4 rings (SSSR count). The average Bonchev–Trinajstić information content (AvgIpc) is 3.25. The van der Waals surface area contributed by atoms with E-state index >= 15 is 0 Å². The van der Waals surface area contributed by atoms with E-state index in [4.69, 9.17) is 0 Å². The zero-order valence-corrected chi connectivity index (χ0v) is 17.2. The molecule has 0 saturated carbocycles. The fourth-order valence-corrected chi connectivity index (χ4v) is 3.05. The zero-order chi connectivity index (χ0) is 23.2. The van der Waals surface area contributed by atoms with Gasteiger partial charge in [0.05, 0.1) is 23.1 Å². The minimum atomic E-state index is -0.804. The monoisotopic (exact) mass is 441 g/mol. The molecule has 1 aromatic heterocycles. The molecule has 3 amide bonds. The van der Waals surface area contributed by atoms with E-state index in [0.29, 0.717) is 11.3 Å². The van der Waals surface area contributed by atoms with Gasteiger partial charge in [0.15, 0.2) is 11.4 Å². The van der Waals surface area contributed by atoms with Crippen LogP contribution < -0.4 is 16.2 Å². The molecule has 0 bridgehead atoms. The highest BCUT2D eigenvalue weighted by molar-refractivity contribution is 6.09. The summed E-state index contributed by atoms with van der Waals surface area (Å²) in [5.41, 5.74) is 5.75. The van der Waals surface area contributed by atoms with Crippen LogP contribution in [0.2, 0.25) is 0 Å². The van der Waals surface area contributed by atoms with Gasteiger partial charge in [0.25, 0.3) is 17.7 Å². The van der Waals surface area contributed by atoms with E-state index in [0.717, 1.165) is 0 Å². The van der Waals surface area contributed by atoms with Crippen molar-refractivity contribution in [1.82, 2.24) is 20.6 Å². The van der Waals surface area contributed by atoms with E-state index in [9.17, 15) is 19.5 Å². The molecule has 0 radical (unpaired) electrons. The summed E-state index contributed by atoms with van der Waals surface area (Å²) in [7, 11) is 0. The highest BCUT2D eigenvalue weighted by atomic mass is 16.3. The summed E-state index contributed by atoms with van der Waals surface area (Å²) in [6.07, 6.45) is 1.29. The van der Waals surface area contributed by atoms with Crippen molar-refractivity contribution in [2.75, 3.05) is 5.32 Å². The Balaban J connectivity index is 1.44. The molecule has 0 unspecified atom stereocenters. The molecule has 4 aromatic rings. The molecule has 0 fully saturated rings. The fraction of sp³-hybridized carbons (Fsp3) is 0. The number of carbonyl (C=O) groups is 3. The minimum Gasteiger partial charge on any atom is -0.504 e. The third-order valence-corrected chi connectivity index (χ3v) is 4.68. The van der Waals surface area contributed by atoms with Gasteiger partial charge in [-0.2, -0.15) is 5.10 Å². The first-order valence-electron chi connectivity index (χ1n) is 9.93. The second kappa shape index (κ2) is 9.48. The quantitative estimate of drug-likeness (QED) is 0.355. The largest absolute Gasteiger partial charge is 0.504 e. The summed E-state index contributed by atoms with van der Waals surface area (Å²) in [4.78, 5) is 37.6. The molecule has 164 valence electrons. The predicted molar refractivity (Wildman–Crippen MR) is 121 cm³/mol. The number of aromatic hydroxyl groups is 1. The Morgan fingerprint density at radius 3 is 2.06 bits per heavy atom. The number of carbonyl (C=O) groups excluding carboxylic acids is 3. The van der Waals surface area contributed by atoms with Crippen LogP contribution in [-0.2, 0) is 0 Å². The van der Waals surface area contributed by atoms with Crippen LogP contribution in [0.1, 0.15) is 31.2 Å². The lowest BCUT2D eigenvalue weighted by Gasteiger charge is -2.12. The van der Waals surface area contributed by atoms with Crippen molar-refractivity contribution in [1.29, 1.82) is 0 Å². The standard InChI is InChI=1S/C24H19N5O4/c30-20-15-29(17-11-5-2-6-12-17)28-21(20)24(33)27-26-23(32)18-13-7-8-14-19(18)25-22(31)16-9-3-1-4-10-16/h1-15,30H,(H,25,31)(H,26,32)(H,27,33). The maximum absolute atomic E-state index is 12.7. The van der Waals surface area contributed by atoms with E-state index in [-0.39, 0.29) is 28.6 Å². The summed E-state index contributed by atoms with van der Waals surface area (Å²) in [6, 6.07) is 23.9. The second-order valence-corrected chi connectivity index (χ2v) is 6.92. The smallest absolute Gasteiger partial charge is 0.294 e. The maximum Gasteiger partial charge on any atom is 0.294 e. The Bertz CT molecular complexity index is 1300. The number of anilines is 1.